The third-order valence-corrected chi connectivity index (χ3v) is 6.34. The largest absolute Gasteiger partial charge is 0.237 e. The Labute approximate surface area is 180 Å². The first kappa shape index (κ1) is 18.8. The molecule has 0 radical (unpaired) electrons. The second kappa shape index (κ2) is 8.25. The third kappa shape index (κ3) is 3.79. The van der Waals surface area contributed by atoms with E-state index in [0.717, 1.165) is 37.8 Å². The van der Waals surface area contributed by atoms with Crippen molar-refractivity contribution in [1.82, 2.24) is 25.1 Å². The van der Waals surface area contributed by atoms with Crippen LogP contribution in [0.2, 0.25) is 0 Å². The second-order valence-corrected chi connectivity index (χ2v) is 8.23. The lowest BCUT2D eigenvalue weighted by Crippen LogP contribution is -1.94. The molecule has 0 aliphatic carbocycles. The summed E-state index contributed by atoms with van der Waals surface area (Å²) in [6, 6.07) is 16.1. The predicted octanol–water partition coefficient (Wildman–Crippen LogP) is 5.64. The number of halogens is 1. The topological polar surface area (TPSA) is 64.5 Å². The molecule has 5 rings (SSSR count). The Hall–Kier alpha value is -3.23. The van der Waals surface area contributed by atoms with Crippen LogP contribution in [0.1, 0.15) is 5.69 Å². The molecule has 0 spiro atoms. The van der Waals surface area contributed by atoms with Crippen molar-refractivity contribution in [2.75, 3.05) is 0 Å². The van der Waals surface area contributed by atoms with Gasteiger partial charge in [-0.3, -0.25) is 0 Å². The van der Waals surface area contributed by atoms with Gasteiger partial charge in [0.2, 0.25) is 0 Å². The van der Waals surface area contributed by atoms with E-state index in [0.29, 0.717) is 11.6 Å². The maximum absolute atomic E-state index is 13.3. The zero-order valence-electron chi connectivity index (χ0n) is 15.6. The molecule has 146 valence electrons. The number of fused-ring (bicyclic) bond motifs is 1. The van der Waals surface area contributed by atoms with Gasteiger partial charge in [-0.05, 0) is 30.3 Å². The van der Waals surface area contributed by atoms with E-state index in [1.54, 1.807) is 42.4 Å². The normalized spacial score (nSPS) is 11.1. The number of aromatic nitrogens is 5. The summed E-state index contributed by atoms with van der Waals surface area (Å²) < 4.78 is 13.3. The molecular formula is C22H14FN5S2. The molecule has 0 amide bonds. The van der Waals surface area contributed by atoms with Crippen molar-refractivity contribution in [2.45, 2.75) is 10.8 Å². The van der Waals surface area contributed by atoms with Crippen molar-refractivity contribution in [3.63, 3.8) is 0 Å². The Bertz CT molecular complexity index is 1310. The second-order valence-electron chi connectivity index (χ2n) is 6.41. The van der Waals surface area contributed by atoms with E-state index >= 15 is 0 Å². The lowest BCUT2D eigenvalue weighted by molar-refractivity contribution is 0.628. The zero-order valence-corrected chi connectivity index (χ0v) is 17.2. The van der Waals surface area contributed by atoms with Gasteiger partial charge in [-0.2, -0.15) is 0 Å². The number of hydrogen-bond donors (Lipinski definition) is 0. The van der Waals surface area contributed by atoms with Gasteiger partial charge in [-0.1, -0.05) is 36.0 Å². The average molecular weight is 432 g/mol. The predicted molar refractivity (Wildman–Crippen MR) is 118 cm³/mol. The van der Waals surface area contributed by atoms with Crippen LogP contribution in [0.4, 0.5) is 4.39 Å². The van der Waals surface area contributed by atoms with Gasteiger partial charge in [-0.15, -0.1) is 21.5 Å². The van der Waals surface area contributed by atoms with Crippen LogP contribution in [0.25, 0.3) is 32.9 Å². The molecule has 0 fully saturated rings. The van der Waals surface area contributed by atoms with E-state index in [9.17, 15) is 4.39 Å². The van der Waals surface area contributed by atoms with Gasteiger partial charge in [0.05, 0.1) is 5.69 Å². The zero-order chi connectivity index (χ0) is 20.3. The lowest BCUT2D eigenvalue weighted by atomic mass is 10.1. The Morgan fingerprint density at radius 1 is 0.867 bits per heavy atom. The van der Waals surface area contributed by atoms with E-state index in [4.69, 9.17) is 0 Å². The molecule has 0 saturated heterocycles. The Kier molecular flexibility index (Phi) is 5.17. The lowest BCUT2D eigenvalue weighted by Gasteiger charge is -2.09. The molecule has 30 heavy (non-hydrogen) atoms. The van der Waals surface area contributed by atoms with Crippen molar-refractivity contribution >= 4 is 33.9 Å². The number of nitrogens with zero attached hydrogens (tertiary/aromatic N) is 5. The van der Waals surface area contributed by atoms with E-state index in [-0.39, 0.29) is 5.82 Å². The number of hydrogen-bond acceptors (Lipinski definition) is 7. The summed E-state index contributed by atoms with van der Waals surface area (Å²) in [5, 5.41) is 14.5. The van der Waals surface area contributed by atoms with Crippen LogP contribution in [0.3, 0.4) is 0 Å². The molecular weight excluding hydrogens is 417 g/mol. The van der Waals surface area contributed by atoms with Gasteiger partial charge in [-0.25, -0.2) is 19.3 Å². The Morgan fingerprint density at radius 2 is 1.63 bits per heavy atom. The number of rotatable bonds is 5. The summed E-state index contributed by atoms with van der Waals surface area (Å²) in [5.74, 6) is 1.03. The van der Waals surface area contributed by atoms with Gasteiger partial charge in [0.25, 0.3) is 0 Å². The number of benzene rings is 2. The van der Waals surface area contributed by atoms with Gasteiger partial charge in [0.15, 0.2) is 10.8 Å². The minimum absolute atomic E-state index is 0.272. The molecule has 5 nitrogen and oxygen atoms in total. The summed E-state index contributed by atoms with van der Waals surface area (Å²) in [7, 11) is 0. The number of thioether (sulfide) groups is 1. The molecule has 0 aliphatic rings. The molecule has 0 atom stereocenters. The maximum Gasteiger partial charge on any atom is 0.188 e. The van der Waals surface area contributed by atoms with Crippen molar-refractivity contribution in [3.8, 4) is 22.1 Å². The summed E-state index contributed by atoms with van der Waals surface area (Å²) in [5.41, 5.74) is 2.52. The molecule has 0 saturated carbocycles. The van der Waals surface area contributed by atoms with Crippen molar-refractivity contribution < 1.29 is 4.39 Å². The first-order valence-electron chi connectivity index (χ1n) is 9.14. The summed E-state index contributed by atoms with van der Waals surface area (Å²) in [6.07, 6.45) is 3.42. The van der Waals surface area contributed by atoms with Crippen molar-refractivity contribution in [1.29, 1.82) is 0 Å². The highest BCUT2D eigenvalue weighted by Gasteiger charge is 2.13. The van der Waals surface area contributed by atoms with Crippen molar-refractivity contribution in [3.05, 3.63) is 83.9 Å². The minimum Gasteiger partial charge on any atom is -0.237 e. The molecule has 0 bridgehead atoms. The van der Waals surface area contributed by atoms with E-state index in [1.807, 2.05) is 29.6 Å². The Morgan fingerprint density at radius 3 is 2.43 bits per heavy atom. The van der Waals surface area contributed by atoms with E-state index in [1.165, 1.54) is 23.5 Å². The summed E-state index contributed by atoms with van der Waals surface area (Å²) in [4.78, 5) is 13.1. The monoisotopic (exact) mass is 431 g/mol. The number of thiazole rings is 1. The van der Waals surface area contributed by atoms with Crippen LogP contribution in [-0.2, 0) is 5.75 Å². The molecule has 0 N–H and O–H groups in total. The molecule has 5 aromatic rings. The van der Waals surface area contributed by atoms with E-state index in [2.05, 4.69) is 25.1 Å². The molecule has 0 aliphatic heterocycles. The smallest absolute Gasteiger partial charge is 0.188 e. The fourth-order valence-corrected chi connectivity index (χ4v) is 4.77. The van der Waals surface area contributed by atoms with E-state index < -0.39 is 0 Å². The fourth-order valence-electron chi connectivity index (χ4n) is 3.03. The van der Waals surface area contributed by atoms with Gasteiger partial charge in [0.1, 0.15) is 16.5 Å². The first-order chi connectivity index (χ1) is 14.8. The summed E-state index contributed by atoms with van der Waals surface area (Å²) >= 11 is 3.11. The molecule has 0 unspecified atom stereocenters. The van der Waals surface area contributed by atoms with Gasteiger partial charge < -0.3 is 0 Å². The standard InChI is InChI=1S/C22H14FN5S2/c23-15-8-6-14(7-9-15)19-17-4-1-2-5-18(17)21(28-27-19)29-12-16-13-30-22(26-16)20-24-10-3-11-25-20/h1-11,13H,12H2. The summed E-state index contributed by atoms with van der Waals surface area (Å²) in [6.45, 7) is 0. The quantitative estimate of drug-likeness (QED) is 0.336. The first-order valence-corrected chi connectivity index (χ1v) is 11.0. The van der Waals surface area contributed by atoms with Gasteiger partial charge >= 0.3 is 0 Å². The van der Waals surface area contributed by atoms with Gasteiger partial charge in [0, 0.05) is 39.9 Å². The highest BCUT2D eigenvalue weighted by molar-refractivity contribution is 7.98. The highest BCUT2D eigenvalue weighted by atomic mass is 32.2. The maximum atomic E-state index is 13.3. The van der Waals surface area contributed by atoms with Crippen molar-refractivity contribution in [2.24, 2.45) is 0 Å². The minimum atomic E-state index is -0.272. The van der Waals surface area contributed by atoms with Crippen LogP contribution >= 0.6 is 23.1 Å². The highest BCUT2D eigenvalue weighted by Crippen LogP contribution is 2.33. The third-order valence-electron chi connectivity index (χ3n) is 4.44. The molecule has 3 aromatic heterocycles. The van der Waals surface area contributed by atoms with Crippen LogP contribution in [0, 0.1) is 5.82 Å². The molecule has 8 heteroatoms. The van der Waals surface area contributed by atoms with Crippen LogP contribution in [0.5, 0.6) is 0 Å². The molecule has 2 aromatic carbocycles. The SMILES string of the molecule is Fc1ccc(-c2nnc(SCc3csc(-c4ncccn4)n3)c3ccccc23)cc1. The molecule has 3 heterocycles. The van der Waals surface area contributed by atoms with Crippen LogP contribution in [-0.4, -0.2) is 25.1 Å². The van der Waals surface area contributed by atoms with Crippen LogP contribution in [0.15, 0.2) is 77.4 Å². The fraction of sp³-hybridized carbons (Fsp3) is 0.0455. The van der Waals surface area contributed by atoms with Crippen LogP contribution < -0.4 is 0 Å². The Balaban J connectivity index is 1.42. The average Bonchev–Trinajstić information content (AvgIpc) is 3.28.